The van der Waals surface area contributed by atoms with E-state index in [-0.39, 0.29) is 27.7 Å². The zero-order chi connectivity index (χ0) is 23.9. The second-order valence-electron chi connectivity index (χ2n) is 7.43. The summed E-state index contributed by atoms with van der Waals surface area (Å²) in [5.41, 5.74) is 1.43. The molecule has 0 aliphatic rings. The molecule has 0 fully saturated rings. The van der Waals surface area contributed by atoms with E-state index in [0.717, 1.165) is 5.56 Å². The van der Waals surface area contributed by atoms with Crippen LogP contribution in [0.1, 0.15) is 29.3 Å². The van der Waals surface area contributed by atoms with Gasteiger partial charge >= 0.3 is 0 Å². The van der Waals surface area contributed by atoms with Gasteiger partial charge in [-0.05, 0) is 54.8 Å². The van der Waals surface area contributed by atoms with Crippen molar-refractivity contribution in [3.05, 3.63) is 90.0 Å². The maximum absolute atomic E-state index is 12.7. The minimum absolute atomic E-state index is 0.0221. The zero-order valence-electron chi connectivity index (χ0n) is 18.2. The predicted octanol–water partition coefficient (Wildman–Crippen LogP) is 3.64. The van der Waals surface area contributed by atoms with Gasteiger partial charge in [0.1, 0.15) is 0 Å². The van der Waals surface area contributed by atoms with Crippen LogP contribution in [0.4, 0.5) is 5.69 Å². The van der Waals surface area contributed by atoms with Gasteiger partial charge in [0.05, 0.1) is 21.1 Å². The van der Waals surface area contributed by atoms with Crippen LogP contribution in [-0.4, -0.2) is 35.0 Å². The summed E-state index contributed by atoms with van der Waals surface area (Å²) >= 11 is 0. The molecule has 0 aromatic heterocycles. The Labute approximate surface area is 194 Å². The minimum Gasteiger partial charge on any atom is -0.322 e. The lowest BCUT2D eigenvalue weighted by atomic mass is 10.2. The first kappa shape index (κ1) is 24.6. The van der Waals surface area contributed by atoms with Crippen molar-refractivity contribution in [3.63, 3.8) is 0 Å². The van der Waals surface area contributed by atoms with Crippen molar-refractivity contribution < 1.29 is 21.6 Å². The molecule has 3 aromatic rings. The molecule has 0 heterocycles. The first-order valence-electron chi connectivity index (χ1n) is 10.5. The van der Waals surface area contributed by atoms with E-state index in [1.165, 1.54) is 36.4 Å². The van der Waals surface area contributed by atoms with E-state index in [1.54, 1.807) is 19.1 Å². The third kappa shape index (κ3) is 6.50. The van der Waals surface area contributed by atoms with Crippen LogP contribution in [0.2, 0.25) is 0 Å². The highest BCUT2D eigenvalue weighted by Gasteiger charge is 2.21. The van der Waals surface area contributed by atoms with Crippen LogP contribution in [0.3, 0.4) is 0 Å². The van der Waals surface area contributed by atoms with Gasteiger partial charge in [-0.15, -0.1) is 0 Å². The third-order valence-electron chi connectivity index (χ3n) is 4.91. The summed E-state index contributed by atoms with van der Waals surface area (Å²) in [5.74, 6) is -0.636. The Morgan fingerprint density at radius 2 is 1.45 bits per heavy atom. The van der Waals surface area contributed by atoms with Crippen molar-refractivity contribution in [2.24, 2.45) is 0 Å². The fourth-order valence-corrected chi connectivity index (χ4v) is 5.85. The van der Waals surface area contributed by atoms with Gasteiger partial charge < -0.3 is 5.32 Å². The Morgan fingerprint density at radius 1 is 0.818 bits per heavy atom. The standard InChI is InChI=1S/C24H26N2O5S2/c1-2-18-32(28,29)23-11-7-6-10-22(23)24(27)26-20-12-14-21(15-13-20)33(30,31)25-17-16-19-8-4-3-5-9-19/h3-15,25H,2,16-18H2,1H3,(H,26,27). The zero-order valence-corrected chi connectivity index (χ0v) is 19.8. The Kier molecular flexibility index (Phi) is 8.01. The van der Waals surface area contributed by atoms with E-state index in [9.17, 15) is 21.6 Å². The molecule has 0 atom stereocenters. The van der Waals surface area contributed by atoms with E-state index in [4.69, 9.17) is 0 Å². The summed E-state index contributed by atoms with van der Waals surface area (Å²) in [6.45, 7) is 2.01. The molecule has 0 aliphatic heterocycles. The van der Waals surface area contributed by atoms with Gasteiger partial charge in [-0.2, -0.15) is 0 Å². The maximum Gasteiger partial charge on any atom is 0.256 e. The molecule has 33 heavy (non-hydrogen) atoms. The number of hydrogen-bond donors (Lipinski definition) is 2. The van der Waals surface area contributed by atoms with E-state index in [1.807, 2.05) is 30.3 Å². The number of carbonyl (C=O) groups is 1. The highest BCUT2D eigenvalue weighted by molar-refractivity contribution is 7.91. The number of anilines is 1. The van der Waals surface area contributed by atoms with Gasteiger partial charge in [0.15, 0.2) is 9.84 Å². The molecule has 3 aromatic carbocycles. The second kappa shape index (κ2) is 10.7. The van der Waals surface area contributed by atoms with E-state index < -0.39 is 25.8 Å². The van der Waals surface area contributed by atoms with Crippen LogP contribution in [0.5, 0.6) is 0 Å². The third-order valence-corrected chi connectivity index (χ3v) is 8.36. The lowest BCUT2D eigenvalue weighted by molar-refractivity contribution is 0.102. The quantitative estimate of drug-likeness (QED) is 0.455. The van der Waals surface area contributed by atoms with Gasteiger partial charge in [-0.3, -0.25) is 4.79 Å². The van der Waals surface area contributed by atoms with Crippen molar-refractivity contribution in [2.75, 3.05) is 17.6 Å². The molecule has 0 spiro atoms. The lowest BCUT2D eigenvalue weighted by Crippen LogP contribution is -2.26. The monoisotopic (exact) mass is 486 g/mol. The summed E-state index contributed by atoms with van der Waals surface area (Å²) in [4.78, 5) is 12.8. The number of sulfonamides is 1. The average molecular weight is 487 g/mol. The Morgan fingerprint density at radius 3 is 2.12 bits per heavy atom. The van der Waals surface area contributed by atoms with Crippen molar-refractivity contribution >= 4 is 31.5 Å². The van der Waals surface area contributed by atoms with Crippen LogP contribution in [0.25, 0.3) is 0 Å². The minimum atomic E-state index is -3.70. The molecule has 0 radical (unpaired) electrons. The molecule has 0 bridgehead atoms. The summed E-state index contributed by atoms with van der Waals surface area (Å²) in [5, 5.41) is 2.64. The highest BCUT2D eigenvalue weighted by atomic mass is 32.2. The second-order valence-corrected chi connectivity index (χ2v) is 11.3. The number of nitrogens with one attached hydrogen (secondary N) is 2. The molecule has 0 saturated heterocycles. The number of sulfone groups is 1. The summed E-state index contributed by atoms with van der Waals surface area (Å²) in [6, 6.07) is 21.3. The molecular formula is C24H26N2O5S2. The summed E-state index contributed by atoms with van der Waals surface area (Å²) < 4.78 is 52.6. The van der Waals surface area contributed by atoms with E-state index in [0.29, 0.717) is 18.5 Å². The molecule has 7 nitrogen and oxygen atoms in total. The van der Waals surface area contributed by atoms with Crippen molar-refractivity contribution in [1.29, 1.82) is 0 Å². The molecule has 2 N–H and O–H groups in total. The van der Waals surface area contributed by atoms with Crippen molar-refractivity contribution in [2.45, 2.75) is 29.6 Å². The molecule has 0 aliphatic carbocycles. The van der Waals surface area contributed by atoms with E-state index in [2.05, 4.69) is 10.0 Å². The first-order chi connectivity index (χ1) is 15.7. The van der Waals surface area contributed by atoms with Crippen LogP contribution in [0.15, 0.2) is 88.7 Å². The number of benzene rings is 3. The first-order valence-corrected chi connectivity index (χ1v) is 13.6. The van der Waals surface area contributed by atoms with Gasteiger partial charge in [0.2, 0.25) is 10.0 Å². The smallest absolute Gasteiger partial charge is 0.256 e. The average Bonchev–Trinajstić information content (AvgIpc) is 2.80. The topological polar surface area (TPSA) is 109 Å². The summed E-state index contributed by atoms with van der Waals surface area (Å²) in [6.07, 6.45) is 1.00. The molecular weight excluding hydrogens is 460 g/mol. The molecule has 3 rings (SSSR count). The lowest BCUT2D eigenvalue weighted by Gasteiger charge is -2.11. The molecule has 1 amide bonds. The fraction of sp³-hybridized carbons (Fsp3) is 0.208. The van der Waals surface area contributed by atoms with Gasteiger partial charge in [0, 0.05) is 12.2 Å². The Balaban J connectivity index is 1.68. The Bertz CT molecular complexity index is 1300. The molecule has 0 saturated carbocycles. The van der Waals surface area contributed by atoms with Gasteiger partial charge in [0.25, 0.3) is 5.91 Å². The fourth-order valence-electron chi connectivity index (χ4n) is 3.28. The van der Waals surface area contributed by atoms with Crippen molar-refractivity contribution in [3.8, 4) is 0 Å². The molecule has 0 unspecified atom stereocenters. The van der Waals surface area contributed by atoms with Crippen LogP contribution in [0, 0.1) is 0 Å². The molecule has 9 heteroatoms. The number of rotatable bonds is 10. The number of amides is 1. The normalized spacial score (nSPS) is 11.8. The van der Waals surface area contributed by atoms with Crippen LogP contribution >= 0.6 is 0 Å². The Hall–Kier alpha value is -3.01. The van der Waals surface area contributed by atoms with Gasteiger partial charge in [-0.1, -0.05) is 49.4 Å². The number of carbonyl (C=O) groups excluding carboxylic acids is 1. The number of hydrogen-bond acceptors (Lipinski definition) is 5. The summed E-state index contributed by atoms with van der Waals surface area (Å²) in [7, 11) is -7.28. The largest absolute Gasteiger partial charge is 0.322 e. The highest BCUT2D eigenvalue weighted by Crippen LogP contribution is 2.20. The van der Waals surface area contributed by atoms with Gasteiger partial charge in [-0.25, -0.2) is 21.6 Å². The maximum atomic E-state index is 12.7. The molecule has 174 valence electrons. The van der Waals surface area contributed by atoms with Crippen LogP contribution < -0.4 is 10.0 Å². The predicted molar refractivity (Wildman–Crippen MR) is 129 cm³/mol. The van der Waals surface area contributed by atoms with Crippen molar-refractivity contribution in [1.82, 2.24) is 4.72 Å². The van der Waals surface area contributed by atoms with Crippen LogP contribution in [-0.2, 0) is 26.3 Å². The SMILES string of the molecule is CCCS(=O)(=O)c1ccccc1C(=O)Nc1ccc(S(=O)(=O)NCCc2ccccc2)cc1. The van der Waals surface area contributed by atoms with E-state index >= 15 is 0 Å².